The fourth-order valence-electron chi connectivity index (χ4n) is 2.79. The quantitative estimate of drug-likeness (QED) is 0.427. The zero-order valence-electron chi connectivity index (χ0n) is 15.3. The van der Waals surface area contributed by atoms with Crippen LogP contribution in [0.2, 0.25) is 0 Å². The first-order valence-electron chi connectivity index (χ1n) is 8.73. The molecule has 3 aromatic heterocycles. The summed E-state index contributed by atoms with van der Waals surface area (Å²) in [7, 11) is 0. The smallest absolute Gasteiger partial charge is 0.218 e. The number of anilines is 1. The van der Waals surface area contributed by atoms with E-state index in [0.717, 1.165) is 32.9 Å². The zero-order chi connectivity index (χ0) is 19.5. The highest BCUT2D eigenvalue weighted by molar-refractivity contribution is 9.10. The predicted molar refractivity (Wildman–Crippen MR) is 113 cm³/mol. The molecule has 3 heterocycles. The topological polar surface area (TPSA) is 64.3 Å². The maximum atomic E-state index is 5.49. The second-order valence-corrected chi connectivity index (χ2v) is 7.10. The third-order valence-electron chi connectivity index (χ3n) is 4.01. The molecule has 7 heteroatoms. The van der Waals surface area contributed by atoms with Crippen LogP contribution in [-0.2, 0) is 6.54 Å². The van der Waals surface area contributed by atoms with Gasteiger partial charge in [0.2, 0.25) is 5.88 Å². The summed E-state index contributed by atoms with van der Waals surface area (Å²) in [6.07, 6.45) is 1.74. The minimum absolute atomic E-state index is 0.512. The molecule has 4 rings (SSSR count). The number of allylic oxidation sites excluding steroid dienone is 1. The number of ether oxygens (including phenoxy) is 1. The number of benzene rings is 1. The Labute approximate surface area is 171 Å². The molecule has 28 heavy (non-hydrogen) atoms. The van der Waals surface area contributed by atoms with Gasteiger partial charge in [0.05, 0.1) is 34.4 Å². The largest absolute Gasteiger partial charge is 0.444 e. The molecule has 0 unspecified atom stereocenters. The Morgan fingerprint density at radius 1 is 1.14 bits per heavy atom. The van der Waals surface area contributed by atoms with E-state index in [0.29, 0.717) is 18.2 Å². The first-order chi connectivity index (χ1) is 13.6. The van der Waals surface area contributed by atoms with Gasteiger partial charge in [0.25, 0.3) is 0 Å². The number of hydrogen-bond acceptors (Lipinski definition) is 5. The van der Waals surface area contributed by atoms with E-state index in [9.17, 15) is 0 Å². The molecule has 0 fully saturated rings. The third kappa shape index (κ3) is 3.89. The van der Waals surface area contributed by atoms with Gasteiger partial charge in [-0.3, -0.25) is 0 Å². The average molecular weight is 436 g/mol. The number of aromatic nitrogens is 4. The first kappa shape index (κ1) is 18.2. The highest BCUT2D eigenvalue weighted by Crippen LogP contribution is 2.26. The van der Waals surface area contributed by atoms with Gasteiger partial charge in [-0.1, -0.05) is 43.0 Å². The highest BCUT2D eigenvalue weighted by atomic mass is 79.9. The van der Waals surface area contributed by atoms with Crippen LogP contribution in [0.5, 0.6) is 5.88 Å². The van der Waals surface area contributed by atoms with E-state index in [1.165, 1.54) is 0 Å². The molecule has 0 aliphatic rings. The number of rotatable bonds is 6. The van der Waals surface area contributed by atoms with Gasteiger partial charge in [-0.25, -0.2) is 9.97 Å². The lowest BCUT2D eigenvalue weighted by molar-refractivity contribution is 0.412. The number of nitrogens with one attached hydrogen (secondary N) is 1. The number of halogens is 1. The van der Waals surface area contributed by atoms with Gasteiger partial charge in [-0.2, -0.15) is 9.61 Å². The van der Waals surface area contributed by atoms with Crippen molar-refractivity contribution in [2.24, 2.45) is 0 Å². The third-order valence-corrected chi connectivity index (χ3v) is 4.57. The number of pyridine rings is 1. The van der Waals surface area contributed by atoms with Crippen LogP contribution < -0.4 is 10.1 Å². The molecular formula is C21H18BrN5O. The zero-order valence-corrected chi connectivity index (χ0v) is 16.8. The van der Waals surface area contributed by atoms with Crippen molar-refractivity contribution in [3.63, 3.8) is 0 Å². The van der Waals surface area contributed by atoms with E-state index in [4.69, 9.17) is 9.72 Å². The van der Waals surface area contributed by atoms with Crippen molar-refractivity contribution in [2.45, 2.75) is 13.5 Å². The normalized spacial score (nSPS) is 10.8. The predicted octanol–water partition coefficient (Wildman–Crippen LogP) is 5.08. The van der Waals surface area contributed by atoms with E-state index < -0.39 is 0 Å². The number of nitrogens with zero attached hydrogens (tertiary/aromatic N) is 4. The van der Waals surface area contributed by atoms with Crippen LogP contribution >= 0.6 is 15.9 Å². The summed E-state index contributed by atoms with van der Waals surface area (Å²) >= 11 is 3.53. The summed E-state index contributed by atoms with van der Waals surface area (Å²) in [4.78, 5) is 9.23. The van der Waals surface area contributed by atoms with Gasteiger partial charge in [0, 0.05) is 17.7 Å². The summed E-state index contributed by atoms with van der Waals surface area (Å²) < 4.78 is 8.10. The van der Waals surface area contributed by atoms with Crippen LogP contribution in [0.4, 0.5) is 5.82 Å². The van der Waals surface area contributed by atoms with Crippen molar-refractivity contribution >= 4 is 27.4 Å². The monoisotopic (exact) mass is 435 g/mol. The lowest BCUT2D eigenvalue weighted by atomic mass is 10.1. The summed E-state index contributed by atoms with van der Waals surface area (Å²) in [5, 5.41) is 7.82. The number of hydrogen-bond donors (Lipinski definition) is 1. The van der Waals surface area contributed by atoms with Crippen LogP contribution in [0, 0.1) is 0 Å². The van der Waals surface area contributed by atoms with Crippen LogP contribution in [0.25, 0.3) is 16.9 Å². The van der Waals surface area contributed by atoms with Gasteiger partial charge in [0.15, 0.2) is 5.65 Å². The van der Waals surface area contributed by atoms with E-state index in [1.54, 1.807) is 23.7 Å². The molecule has 1 aromatic carbocycles. The van der Waals surface area contributed by atoms with Crippen LogP contribution in [-0.4, -0.2) is 19.6 Å². The summed E-state index contributed by atoms with van der Waals surface area (Å²) in [6, 6.07) is 17.7. The van der Waals surface area contributed by atoms with Gasteiger partial charge in [-0.05, 0) is 28.9 Å². The molecule has 0 saturated carbocycles. The molecule has 0 amide bonds. The fraction of sp³-hybridized carbons (Fsp3) is 0.0952. The van der Waals surface area contributed by atoms with Gasteiger partial charge < -0.3 is 10.1 Å². The maximum Gasteiger partial charge on any atom is 0.218 e. The molecule has 0 atom stereocenters. The molecule has 1 N–H and O–H groups in total. The molecule has 0 radical (unpaired) electrons. The molecule has 0 aliphatic carbocycles. The van der Waals surface area contributed by atoms with Crippen molar-refractivity contribution in [3.8, 4) is 17.1 Å². The Balaban J connectivity index is 1.66. The minimum atomic E-state index is 0.512. The van der Waals surface area contributed by atoms with Crippen molar-refractivity contribution < 1.29 is 4.74 Å². The standard InChI is InChI=1S/C21H18BrN5O/c1-14(2)28-20-10-6-9-16(25-20)12-23-19-11-18(15-7-4-3-5-8-15)26-21-17(22)13-24-27(19)21/h3-11,13,23H,1,12H2,2H3. The summed E-state index contributed by atoms with van der Waals surface area (Å²) in [5.74, 6) is 1.95. The second kappa shape index (κ2) is 7.82. The van der Waals surface area contributed by atoms with Crippen molar-refractivity contribution in [2.75, 3.05) is 5.32 Å². The molecule has 6 nitrogen and oxygen atoms in total. The minimum Gasteiger partial charge on any atom is -0.444 e. The van der Waals surface area contributed by atoms with Crippen LogP contribution in [0.3, 0.4) is 0 Å². The van der Waals surface area contributed by atoms with Gasteiger partial charge >= 0.3 is 0 Å². The lowest BCUT2D eigenvalue weighted by Gasteiger charge is -2.11. The molecule has 4 aromatic rings. The van der Waals surface area contributed by atoms with Gasteiger partial charge in [-0.15, -0.1) is 0 Å². The molecular weight excluding hydrogens is 418 g/mol. The van der Waals surface area contributed by atoms with Crippen molar-refractivity contribution in [1.29, 1.82) is 0 Å². The van der Waals surface area contributed by atoms with Crippen LogP contribution in [0.15, 0.2) is 77.6 Å². The van der Waals surface area contributed by atoms with Crippen molar-refractivity contribution in [1.82, 2.24) is 19.6 Å². The van der Waals surface area contributed by atoms with Crippen LogP contribution in [0.1, 0.15) is 12.6 Å². The van der Waals surface area contributed by atoms with Crippen molar-refractivity contribution in [3.05, 3.63) is 83.3 Å². The Bertz CT molecular complexity index is 1140. The van der Waals surface area contributed by atoms with Gasteiger partial charge in [0.1, 0.15) is 5.82 Å². The van der Waals surface area contributed by atoms with E-state index in [1.807, 2.05) is 48.5 Å². The summed E-state index contributed by atoms with van der Waals surface area (Å²) in [6.45, 7) is 6.05. The Hall–Kier alpha value is -3.19. The SMILES string of the molecule is C=C(C)Oc1cccc(CNc2cc(-c3ccccc3)nc3c(Br)cnn23)n1. The number of fused-ring (bicyclic) bond motifs is 1. The highest BCUT2D eigenvalue weighted by Gasteiger charge is 2.11. The fourth-order valence-corrected chi connectivity index (χ4v) is 3.14. The Morgan fingerprint density at radius 2 is 1.96 bits per heavy atom. The second-order valence-electron chi connectivity index (χ2n) is 6.25. The average Bonchev–Trinajstić information content (AvgIpc) is 3.08. The first-order valence-corrected chi connectivity index (χ1v) is 9.52. The molecule has 0 saturated heterocycles. The Morgan fingerprint density at radius 3 is 2.75 bits per heavy atom. The van der Waals surface area contributed by atoms with E-state index >= 15 is 0 Å². The molecule has 0 bridgehead atoms. The molecule has 0 aliphatic heterocycles. The molecule has 140 valence electrons. The van der Waals surface area contributed by atoms with E-state index in [2.05, 4.69) is 37.9 Å². The Kier molecular flexibility index (Phi) is 5.08. The van der Waals surface area contributed by atoms with E-state index in [-0.39, 0.29) is 0 Å². The molecule has 0 spiro atoms. The summed E-state index contributed by atoms with van der Waals surface area (Å²) in [5.41, 5.74) is 3.49. The maximum absolute atomic E-state index is 5.49. The lowest BCUT2D eigenvalue weighted by Crippen LogP contribution is -2.08.